The van der Waals surface area contributed by atoms with Gasteiger partial charge in [0.25, 0.3) is 5.91 Å². The van der Waals surface area contributed by atoms with Crippen LogP contribution in [0, 0.1) is 6.92 Å². The minimum atomic E-state index is 0.0559. The Morgan fingerprint density at radius 1 is 1.00 bits per heavy atom. The summed E-state index contributed by atoms with van der Waals surface area (Å²) >= 11 is 3.15. The zero-order valence-corrected chi connectivity index (χ0v) is 20.8. The van der Waals surface area contributed by atoms with Crippen LogP contribution < -0.4 is 0 Å². The molecule has 0 N–H and O–H groups in total. The van der Waals surface area contributed by atoms with Gasteiger partial charge in [-0.25, -0.2) is 4.98 Å². The van der Waals surface area contributed by atoms with Crippen molar-refractivity contribution >= 4 is 29.0 Å². The number of carbonyl (C=O) groups excluding carboxylic acids is 1. The summed E-state index contributed by atoms with van der Waals surface area (Å²) in [5.41, 5.74) is 4.01. The molecule has 1 aliphatic heterocycles. The van der Waals surface area contributed by atoms with Crippen molar-refractivity contribution in [1.29, 1.82) is 0 Å². The van der Waals surface area contributed by atoms with Gasteiger partial charge in [0.1, 0.15) is 16.5 Å². The Kier molecular flexibility index (Phi) is 7.06. The first-order chi connectivity index (χ1) is 16.7. The molecule has 3 heterocycles. The fourth-order valence-corrected chi connectivity index (χ4v) is 5.95. The van der Waals surface area contributed by atoms with Gasteiger partial charge < -0.3 is 4.90 Å². The van der Waals surface area contributed by atoms with Gasteiger partial charge in [-0.15, -0.1) is 21.5 Å². The molecule has 0 atom stereocenters. The van der Waals surface area contributed by atoms with Gasteiger partial charge in [0.05, 0.1) is 11.4 Å². The second-order valence-corrected chi connectivity index (χ2v) is 10.3. The van der Waals surface area contributed by atoms with E-state index in [0.717, 1.165) is 47.6 Å². The molecule has 0 bridgehead atoms. The standard InChI is InChI=1S/C26H27N5OS2/c1-19-10-6-7-13-22(19)31-23(16-20-11-4-2-5-12-20)28-29-26(31)34-18-24-27-21(17-33-24)25(32)30-14-8-3-9-15-30/h2,4-7,10-13,17H,3,8-9,14-16,18H2,1H3. The Morgan fingerprint density at radius 3 is 2.56 bits per heavy atom. The number of aromatic nitrogens is 4. The number of rotatable bonds is 7. The maximum atomic E-state index is 12.8. The quantitative estimate of drug-likeness (QED) is 0.319. The third kappa shape index (κ3) is 5.08. The number of thiazole rings is 1. The first kappa shape index (κ1) is 22.8. The Balaban J connectivity index is 1.36. The molecular formula is C26H27N5OS2. The molecule has 5 rings (SSSR count). The molecule has 34 heavy (non-hydrogen) atoms. The summed E-state index contributed by atoms with van der Waals surface area (Å²) in [6.45, 7) is 3.78. The predicted octanol–water partition coefficient (Wildman–Crippen LogP) is 5.54. The molecule has 2 aromatic carbocycles. The van der Waals surface area contributed by atoms with E-state index in [9.17, 15) is 4.79 Å². The Bertz CT molecular complexity index is 1260. The molecule has 4 aromatic rings. The summed E-state index contributed by atoms with van der Waals surface area (Å²) in [7, 11) is 0. The normalized spacial score (nSPS) is 13.9. The minimum absolute atomic E-state index is 0.0559. The van der Waals surface area contributed by atoms with Crippen LogP contribution in [0.4, 0.5) is 0 Å². The van der Waals surface area contributed by atoms with E-state index in [4.69, 9.17) is 0 Å². The van der Waals surface area contributed by atoms with Crippen LogP contribution in [0.25, 0.3) is 5.69 Å². The number of aryl methyl sites for hydroxylation is 1. The molecule has 0 unspecified atom stereocenters. The van der Waals surface area contributed by atoms with Crippen LogP contribution >= 0.6 is 23.1 Å². The lowest BCUT2D eigenvalue weighted by atomic mass is 10.1. The predicted molar refractivity (Wildman–Crippen MR) is 137 cm³/mol. The number of hydrogen-bond acceptors (Lipinski definition) is 6. The van der Waals surface area contributed by atoms with Crippen molar-refractivity contribution in [2.45, 2.75) is 43.5 Å². The summed E-state index contributed by atoms with van der Waals surface area (Å²) in [5.74, 6) is 1.61. The molecule has 8 heteroatoms. The van der Waals surface area contributed by atoms with Crippen molar-refractivity contribution in [3.63, 3.8) is 0 Å². The molecular weight excluding hydrogens is 462 g/mol. The van der Waals surface area contributed by atoms with Gasteiger partial charge in [-0.1, -0.05) is 60.3 Å². The lowest BCUT2D eigenvalue weighted by molar-refractivity contribution is 0.0719. The van der Waals surface area contributed by atoms with Crippen molar-refractivity contribution in [3.8, 4) is 5.69 Å². The molecule has 1 saturated heterocycles. The second-order valence-electron chi connectivity index (χ2n) is 8.45. The first-order valence-electron chi connectivity index (χ1n) is 11.6. The molecule has 0 saturated carbocycles. The number of likely N-dealkylation sites (tertiary alicyclic amines) is 1. The first-order valence-corrected chi connectivity index (χ1v) is 13.5. The summed E-state index contributed by atoms with van der Waals surface area (Å²) in [4.78, 5) is 19.4. The van der Waals surface area contributed by atoms with Crippen LogP contribution in [-0.4, -0.2) is 43.6 Å². The van der Waals surface area contributed by atoms with Crippen molar-refractivity contribution < 1.29 is 4.79 Å². The Labute approximate surface area is 208 Å². The van der Waals surface area contributed by atoms with Gasteiger partial charge in [0, 0.05) is 24.9 Å². The van der Waals surface area contributed by atoms with Crippen molar-refractivity contribution in [3.05, 3.63) is 87.6 Å². The number of hydrogen-bond donors (Lipinski definition) is 0. The minimum Gasteiger partial charge on any atom is -0.337 e. The molecule has 2 aromatic heterocycles. The summed E-state index contributed by atoms with van der Waals surface area (Å²) in [6, 6.07) is 18.6. The zero-order chi connectivity index (χ0) is 23.3. The molecule has 1 amide bonds. The van der Waals surface area contributed by atoms with Crippen LogP contribution in [-0.2, 0) is 12.2 Å². The highest BCUT2D eigenvalue weighted by Crippen LogP contribution is 2.29. The third-order valence-corrected chi connectivity index (χ3v) is 7.97. The highest BCUT2D eigenvalue weighted by Gasteiger charge is 2.21. The maximum Gasteiger partial charge on any atom is 0.273 e. The Hall–Kier alpha value is -2.97. The third-order valence-electron chi connectivity index (χ3n) is 6.00. The average molecular weight is 490 g/mol. The Morgan fingerprint density at radius 2 is 1.76 bits per heavy atom. The molecule has 0 radical (unpaired) electrons. The van der Waals surface area contributed by atoms with Crippen LogP contribution in [0.1, 0.15) is 51.7 Å². The number of piperidine rings is 1. The van der Waals surface area contributed by atoms with E-state index in [1.165, 1.54) is 28.9 Å². The number of carbonyl (C=O) groups is 1. The van der Waals surface area contributed by atoms with Gasteiger partial charge in [-0.2, -0.15) is 0 Å². The molecule has 1 fully saturated rings. The van der Waals surface area contributed by atoms with Crippen LogP contribution in [0.2, 0.25) is 0 Å². The number of amides is 1. The average Bonchev–Trinajstić information content (AvgIpc) is 3.51. The lowest BCUT2D eigenvalue weighted by Gasteiger charge is -2.25. The highest BCUT2D eigenvalue weighted by molar-refractivity contribution is 7.98. The van der Waals surface area contributed by atoms with E-state index >= 15 is 0 Å². The smallest absolute Gasteiger partial charge is 0.273 e. The van der Waals surface area contributed by atoms with Crippen LogP contribution in [0.15, 0.2) is 65.1 Å². The van der Waals surface area contributed by atoms with Gasteiger partial charge in [-0.3, -0.25) is 9.36 Å². The second kappa shape index (κ2) is 10.5. The molecule has 174 valence electrons. The van der Waals surface area contributed by atoms with E-state index in [1.54, 1.807) is 11.8 Å². The maximum absolute atomic E-state index is 12.8. The fraction of sp³-hybridized carbons (Fsp3) is 0.308. The number of benzene rings is 2. The van der Waals surface area contributed by atoms with E-state index in [1.807, 2.05) is 40.6 Å². The lowest BCUT2D eigenvalue weighted by Crippen LogP contribution is -2.35. The van der Waals surface area contributed by atoms with Gasteiger partial charge in [0.2, 0.25) is 0 Å². The number of para-hydroxylation sites is 1. The van der Waals surface area contributed by atoms with Gasteiger partial charge in [0.15, 0.2) is 5.16 Å². The van der Waals surface area contributed by atoms with Crippen LogP contribution in [0.3, 0.4) is 0 Å². The monoisotopic (exact) mass is 489 g/mol. The van der Waals surface area contributed by atoms with E-state index < -0.39 is 0 Å². The molecule has 0 spiro atoms. The number of nitrogens with zero attached hydrogens (tertiary/aromatic N) is 5. The van der Waals surface area contributed by atoms with E-state index in [0.29, 0.717) is 17.9 Å². The van der Waals surface area contributed by atoms with Crippen LogP contribution in [0.5, 0.6) is 0 Å². The van der Waals surface area contributed by atoms with E-state index in [2.05, 4.69) is 50.9 Å². The van der Waals surface area contributed by atoms with Gasteiger partial charge >= 0.3 is 0 Å². The molecule has 0 aliphatic carbocycles. The molecule has 6 nitrogen and oxygen atoms in total. The summed E-state index contributed by atoms with van der Waals surface area (Å²) in [5, 5.41) is 12.7. The summed E-state index contributed by atoms with van der Waals surface area (Å²) in [6.07, 6.45) is 4.07. The zero-order valence-electron chi connectivity index (χ0n) is 19.2. The van der Waals surface area contributed by atoms with Crippen molar-refractivity contribution in [2.24, 2.45) is 0 Å². The van der Waals surface area contributed by atoms with Crippen molar-refractivity contribution in [1.82, 2.24) is 24.6 Å². The largest absolute Gasteiger partial charge is 0.337 e. The SMILES string of the molecule is Cc1ccccc1-n1c(Cc2ccccc2)nnc1SCc1nc(C(=O)N2CCCCC2)cs1. The number of thioether (sulfide) groups is 1. The van der Waals surface area contributed by atoms with Crippen molar-refractivity contribution in [2.75, 3.05) is 13.1 Å². The van der Waals surface area contributed by atoms with E-state index in [-0.39, 0.29) is 5.91 Å². The highest BCUT2D eigenvalue weighted by atomic mass is 32.2. The fourth-order valence-electron chi connectivity index (χ4n) is 4.20. The molecule has 1 aliphatic rings. The topological polar surface area (TPSA) is 63.9 Å². The summed E-state index contributed by atoms with van der Waals surface area (Å²) < 4.78 is 2.15. The van der Waals surface area contributed by atoms with Gasteiger partial charge in [-0.05, 0) is 43.4 Å².